The van der Waals surface area contributed by atoms with Gasteiger partial charge in [-0.1, -0.05) is 59.5 Å². The van der Waals surface area contributed by atoms with Crippen LogP contribution >= 0.6 is 0 Å². The first-order valence-corrected chi connectivity index (χ1v) is 13.7. The van der Waals surface area contributed by atoms with Gasteiger partial charge in [-0.2, -0.15) is 0 Å². The lowest BCUT2D eigenvalue weighted by Crippen LogP contribution is -2.48. The van der Waals surface area contributed by atoms with Crippen LogP contribution in [0, 0.1) is 11.8 Å². The molecule has 0 radical (unpaired) electrons. The van der Waals surface area contributed by atoms with Crippen molar-refractivity contribution in [3.8, 4) is 0 Å². The van der Waals surface area contributed by atoms with E-state index in [1.165, 1.54) is 31.1 Å². The molecule has 0 aromatic carbocycles. The zero-order valence-electron chi connectivity index (χ0n) is 23.4. The minimum atomic E-state index is -1.38. The lowest BCUT2D eigenvalue weighted by Gasteiger charge is -2.30. The molecular weight excluding hydrogens is 478 g/mol. The smallest absolute Gasteiger partial charge is 0.348 e. The van der Waals surface area contributed by atoms with Crippen LogP contribution in [0.4, 0.5) is 0 Å². The summed E-state index contributed by atoms with van der Waals surface area (Å²) < 4.78 is 10.5. The van der Waals surface area contributed by atoms with Gasteiger partial charge < -0.3 is 24.6 Å². The molecule has 1 amide bonds. The Kier molecular flexibility index (Phi) is 14.5. The Bertz CT molecular complexity index is 795. The van der Waals surface area contributed by atoms with Crippen LogP contribution in [-0.2, 0) is 28.7 Å². The fourth-order valence-corrected chi connectivity index (χ4v) is 4.37. The molecule has 212 valence electrons. The van der Waals surface area contributed by atoms with Crippen LogP contribution < -0.4 is 0 Å². The number of carbonyl (C=O) groups excluding carboxylic acids is 3. The third kappa shape index (κ3) is 10.1. The number of ether oxygens (including phenoxy) is 2. The Labute approximate surface area is 221 Å². The van der Waals surface area contributed by atoms with Crippen LogP contribution in [0.25, 0.3) is 0 Å². The van der Waals surface area contributed by atoms with Gasteiger partial charge in [0.1, 0.15) is 6.04 Å². The molecule has 9 nitrogen and oxygen atoms in total. The number of likely N-dealkylation sites (tertiary alicyclic amines) is 1. The van der Waals surface area contributed by atoms with E-state index in [2.05, 4.69) is 6.92 Å². The van der Waals surface area contributed by atoms with E-state index in [4.69, 9.17) is 14.6 Å². The van der Waals surface area contributed by atoms with Crippen molar-refractivity contribution in [2.75, 3.05) is 6.54 Å². The highest BCUT2D eigenvalue weighted by Crippen LogP contribution is 2.26. The number of rotatable bonds is 16. The maximum atomic E-state index is 13.3. The number of aliphatic hydroxyl groups is 1. The van der Waals surface area contributed by atoms with Crippen molar-refractivity contribution in [1.29, 1.82) is 0 Å². The van der Waals surface area contributed by atoms with Gasteiger partial charge in [-0.25, -0.2) is 14.4 Å². The summed E-state index contributed by atoms with van der Waals surface area (Å²) in [4.78, 5) is 51.4. The molecule has 37 heavy (non-hydrogen) atoms. The molecule has 0 aromatic heterocycles. The van der Waals surface area contributed by atoms with E-state index in [0.29, 0.717) is 25.8 Å². The second-order valence-corrected chi connectivity index (χ2v) is 10.2. The molecule has 6 atom stereocenters. The highest BCUT2D eigenvalue weighted by Gasteiger charge is 2.41. The molecule has 9 heteroatoms. The molecule has 1 saturated heterocycles. The zero-order chi connectivity index (χ0) is 28.1. The molecule has 2 N–H and O–H groups in total. The molecule has 1 aliphatic heterocycles. The predicted molar refractivity (Wildman–Crippen MR) is 140 cm³/mol. The SMILES string of the molecule is CCCCCCC/C=C(\C)[C@H](O)[C@@H](C)C(=O)N1CCC[C@H]1C(=O)O[C@@H](C(=O)O[C@@H](C)C(=O)O)[C@@H](C)CC. The second kappa shape index (κ2) is 16.4. The third-order valence-electron chi connectivity index (χ3n) is 7.19. The van der Waals surface area contributed by atoms with Crippen LogP contribution in [0.1, 0.15) is 99.3 Å². The van der Waals surface area contributed by atoms with Crippen molar-refractivity contribution < 1.29 is 38.9 Å². The van der Waals surface area contributed by atoms with Gasteiger partial charge in [-0.15, -0.1) is 0 Å². The minimum absolute atomic E-state index is 0.343. The van der Waals surface area contributed by atoms with E-state index >= 15 is 0 Å². The third-order valence-corrected chi connectivity index (χ3v) is 7.19. The summed E-state index contributed by atoms with van der Waals surface area (Å²) in [6, 6.07) is -0.874. The molecular formula is C28H47NO8. The predicted octanol–water partition coefficient (Wildman–Crippen LogP) is 4.26. The zero-order valence-corrected chi connectivity index (χ0v) is 23.4. The van der Waals surface area contributed by atoms with Crippen LogP contribution in [-0.4, -0.2) is 69.8 Å². The number of carbonyl (C=O) groups is 4. The van der Waals surface area contributed by atoms with Gasteiger partial charge in [0.25, 0.3) is 0 Å². The van der Waals surface area contributed by atoms with E-state index < -0.39 is 54.1 Å². The molecule has 0 bridgehead atoms. The molecule has 1 fully saturated rings. The van der Waals surface area contributed by atoms with Gasteiger partial charge in [0.2, 0.25) is 12.0 Å². The molecule has 0 aliphatic carbocycles. The summed E-state index contributed by atoms with van der Waals surface area (Å²) >= 11 is 0. The quantitative estimate of drug-likeness (QED) is 0.174. The molecule has 0 saturated carbocycles. The number of amides is 1. The number of carboxylic acid groups (broad SMARTS) is 1. The van der Waals surface area contributed by atoms with Crippen molar-refractivity contribution in [3.05, 3.63) is 11.6 Å². The molecule has 0 spiro atoms. The average Bonchev–Trinajstić information content (AvgIpc) is 3.37. The topological polar surface area (TPSA) is 130 Å². The van der Waals surface area contributed by atoms with Crippen molar-refractivity contribution in [2.45, 2.75) is 124 Å². The standard InChI is InChI=1S/C28H47NO8/c1-7-9-10-11-12-13-15-19(4)23(30)20(5)25(31)29-17-14-16-22(29)27(34)37-24(18(3)8-2)28(35)36-21(6)26(32)33/h15,18,20-24,30H,7-14,16-17H2,1-6H3,(H,32,33)/b19-15+/t18-,20+,21-,22-,23-,24+/m0/s1. The van der Waals surface area contributed by atoms with Crippen LogP contribution in [0.2, 0.25) is 0 Å². The molecule has 0 unspecified atom stereocenters. The van der Waals surface area contributed by atoms with Crippen LogP contribution in [0.15, 0.2) is 11.6 Å². The summed E-state index contributed by atoms with van der Waals surface area (Å²) in [6.45, 7) is 10.7. The van der Waals surface area contributed by atoms with Crippen LogP contribution in [0.3, 0.4) is 0 Å². The van der Waals surface area contributed by atoms with Crippen molar-refractivity contribution in [1.82, 2.24) is 4.90 Å². The lowest BCUT2D eigenvalue weighted by atomic mass is 9.95. The van der Waals surface area contributed by atoms with Crippen molar-refractivity contribution in [3.63, 3.8) is 0 Å². The summed E-state index contributed by atoms with van der Waals surface area (Å²) in [5, 5.41) is 19.8. The van der Waals surface area contributed by atoms with E-state index in [9.17, 15) is 24.3 Å². The first kappa shape index (κ1) is 32.6. The van der Waals surface area contributed by atoms with Gasteiger partial charge in [-0.05, 0) is 51.5 Å². The van der Waals surface area contributed by atoms with Gasteiger partial charge in [0, 0.05) is 12.5 Å². The summed E-state index contributed by atoms with van der Waals surface area (Å²) in [5.74, 6) is -4.44. The molecule has 1 aliphatic rings. The van der Waals surface area contributed by atoms with Crippen molar-refractivity contribution in [2.24, 2.45) is 11.8 Å². The summed E-state index contributed by atoms with van der Waals surface area (Å²) in [5.41, 5.74) is 0.738. The molecule has 1 rings (SSSR count). The number of aliphatic hydroxyl groups excluding tert-OH is 1. The number of allylic oxidation sites excluding steroid dienone is 1. The largest absolute Gasteiger partial charge is 0.479 e. The highest BCUT2D eigenvalue weighted by molar-refractivity contribution is 5.88. The average molecular weight is 526 g/mol. The summed E-state index contributed by atoms with van der Waals surface area (Å²) in [7, 11) is 0. The van der Waals surface area contributed by atoms with Gasteiger partial charge in [0.15, 0.2) is 6.10 Å². The number of aliphatic carboxylic acids is 1. The van der Waals surface area contributed by atoms with E-state index in [1.54, 1.807) is 13.8 Å². The number of nitrogens with zero attached hydrogens (tertiary/aromatic N) is 1. The van der Waals surface area contributed by atoms with Gasteiger partial charge >= 0.3 is 17.9 Å². The number of carboxylic acids is 1. The normalized spacial score (nSPS) is 20.0. The lowest BCUT2D eigenvalue weighted by molar-refractivity contribution is -0.181. The second-order valence-electron chi connectivity index (χ2n) is 10.2. The van der Waals surface area contributed by atoms with E-state index in [0.717, 1.165) is 24.8 Å². The fourth-order valence-electron chi connectivity index (χ4n) is 4.37. The Morgan fingerprint density at radius 2 is 1.68 bits per heavy atom. The Morgan fingerprint density at radius 1 is 1.03 bits per heavy atom. The van der Waals surface area contributed by atoms with Gasteiger partial charge in [-0.3, -0.25) is 4.79 Å². The Morgan fingerprint density at radius 3 is 2.27 bits per heavy atom. The van der Waals surface area contributed by atoms with E-state index in [1.807, 2.05) is 19.9 Å². The number of hydrogen-bond donors (Lipinski definition) is 2. The van der Waals surface area contributed by atoms with Gasteiger partial charge in [0.05, 0.1) is 12.0 Å². The number of unbranched alkanes of at least 4 members (excludes halogenated alkanes) is 5. The van der Waals surface area contributed by atoms with Crippen LogP contribution in [0.5, 0.6) is 0 Å². The minimum Gasteiger partial charge on any atom is -0.479 e. The van der Waals surface area contributed by atoms with Crippen molar-refractivity contribution >= 4 is 23.8 Å². The fraction of sp³-hybridized carbons (Fsp3) is 0.786. The Balaban J connectivity index is 2.83. The summed E-state index contributed by atoms with van der Waals surface area (Å²) in [6.07, 6.45) is 6.47. The number of hydrogen-bond acceptors (Lipinski definition) is 7. The van der Waals surface area contributed by atoms with E-state index in [-0.39, 0.29) is 5.91 Å². The number of esters is 2. The first-order valence-electron chi connectivity index (χ1n) is 13.7. The maximum Gasteiger partial charge on any atom is 0.348 e. The highest BCUT2D eigenvalue weighted by atomic mass is 16.6. The Hall–Kier alpha value is -2.42. The molecule has 0 aromatic rings. The first-order chi connectivity index (χ1) is 17.5. The maximum absolute atomic E-state index is 13.3. The monoisotopic (exact) mass is 525 g/mol. The molecule has 1 heterocycles.